The molecule has 3 heteroatoms. The van der Waals surface area contributed by atoms with Gasteiger partial charge in [0.25, 0.3) is 0 Å². The average molecular weight is 227 g/mol. The lowest BCUT2D eigenvalue weighted by Gasteiger charge is -2.05. The third-order valence-corrected chi connectivity index (χ3v) is 2.35. The second-order valence-corrected chi connectivity index (χ2v) is 3.85. The molecule has 0 radical (unpaired) electrons. The highest BCUT2D eigenvalue weighted by Crippen LogP contribution is 2.20. The molecule has 1 aromatic heterocycles. The number of aryl methyl sites for hydroxylation is 1. The number of aromatic nitrogens is 1. The van der Waals surface area contributed by atoms with Crippen molar-refractivity contribution in [3.05, 3.63) is 53.9 Å². The number of ether oxygens (including phenoxy) is 1. The molecule has 0 bridgehead atoms. The van der Waals surface area contributed by atoms with Gasteiger partial charge < -0.3 is 4.74 Å². The van der Waals surface area contributed by atoms with Crippen LogP contribution in [0.4, 0.5) is 0 Å². The van der Waals surface area contributed by atoms with Gasteiger partial charge in [-0.25, -0.2) is 4.98 Å². The predicted molar refractivity (Wildman–Crippen MR) is 65.5 cm³/mol. The van der Waals surface area contributed by atoms with Gasteiger partial charge in [0.15, 0.2) is 5.78 Å². The summed E-state index contributed by atoms with van der Waals surface area (Å²) in [5.74, 6) is 1.33. The van der Waals surface area contributed by atoms with Gasteiger partial charge in [-0.05, 0) is 31.2 Å². The fraction of sp³-hybridized carbons (Fsp3) is 0.143. The summed E-state index contributed by atoms with van der Waals surface area (Å²) in [6.45, 7) is 3.51. The molecule has 0 unspecified atom stereocenters. The van der Waals surface area contributed by atoms with Gasteiger partial charge in [-0.1, -0.05) is 17.7 Å². The Morgan fingerprint density at radius 3 is 2.24 bits per heavy atom. The molecule has 0 saturated heterocycles. The zero-order valence-corrected chi connectivity index (χ0v) is 9.81. The van der Waals surface area contributed by atoms with Gasteiger partial charge in [-0.15, -0.1) is 0 Å². The maximum atomic E-state index is 11.0. The molecule has 2 rings (SSSR count). The van der Waals surface area contributed by atoms with Crippen molar-refractivity contribution in [2.24, 2.45) is 0 Å². The van der Waals surface area contributed by atoms with E-state index in [-0.39, 0.29) is 5.78 Å². The summed E-state index contributed by atoms with van der Waals surface area (Å²) in [5, 5.41) is 0. The van der Waals surface area contributed by atoms with Crippen molar-refractivity contribution in [3.63, 3.8) is 0 Å². The van der Waals surface area contributed by atoms with Crippen molar-refractivity contribution in [1.29, 1.82) is 0 Å². The Labute approximate surface area is 100 Å². The Morgan fingerprint density at radius 1 is 1.06 bits per heavy atom. The summed E-state index contributed by atoms with van der Waals surface area (Å²) in [5.41, 5.74) is 1.63. The Kier molecular flexibility index (Phi) is 3.19. The highest BCUT2D eigenvalue weighted by Gasteiger charge is 2.02. The van der Waals surface area contributed by atoms with E-state index in [9.17, 15) is 4.79 Å². The predicted octanol–water partition coefficient (Wildman–Crippen LogP) is 3.38. The number of nitrogens with zero attached hydrogens (tertiary/aromatic N) is 1. The van der Waals surface area contributed by atoms with Crippen molar-refractivity contribution in [1.82, 2.24) is 4.98 Å². The van der Waals surface area contributed by atoms with Gasteiger partial charge in [-0.3, -0.25) is 4.79 Å². The fourth-order valence-corrected chi connectivity index (χ4v) is 1.39. The molecule has 0 saturated carbocycles. The molecule has 0 amide bonds. The summed E-state index contributed by atoms with van der Waals surface area (Å²) in [4.78, 5) is 15.1. The lowest BCUT2D eigenvalue weighted by atomic mass is 10.2. The largest absolute Gasteiger partial charge is 0.456 e. The first kappa shape index (κ1) is 11.3. The summed E-state index contributed by atoms with van der Waals surface area (Å²) in [6.07, 6.45) is 1.55. The van der Waals surface area contributed by atoms with E-state index in [0.717, 1.165) is 5.75 Å². The number of hydrogen-bond donors (Lipinski definition) is 0. The van der Waals surface area contributed by atoms with E-state index in [1.54, 1.807) is 18.3 Å². The van der Waals surface area contributed by atoms with Crippen LogP contribution in [0.25, 0.3) is 0 Å². The van der Waals surface area contributed by atoms with E-state index in [4.69, 9.17) is 4.74 Å². The van der Waals surface area contributed by atoms with Gasteiger partial charge in [0, 0.05) is 6.92 Å². The standard InChI is InChI=1S/C14H13NO2/c1-10-3-5-12(6-4-10)17-13-7-8-14(11(2)16)15-9-13/h3-9H,1-2H3. The monoisotopic (exact) mass is 227 g/mol. The first-order chi connectivity index (χ1) is 8.15. The van der Waals surface area contributed by atoms with Crippen molar-refractivity contribution >= 4 is 5.78 Å². The first-order valence-electron chi connectivity index (χ1n) is 5.36. The molecule has 0 N–H and O–H groups in total. The third kappa shape index (κ3) is 2.91. The number of Topliss-reactive ketones (excluding diaryl/α,β-unsaturated/α-hetero) is 1. The minimum Gasteiger partial charge on any atom is -0.456 e. The Bertz CT molecular complexity index is 515. The first-order valence-corrected chi connectivity index (χ1v) is 5.36. The lowest BCUT2D eigenvalue weighted by molar-refractivity contribution is 0.101. The maximum absolute atomic E-state index is 11.0. The Morgan fingerprint density at radius 2 is 1.71 bits per heavy atom. The number of benzene rings is 1. The number of carbonyl (C=O) groups excluding carboxylic acids is 1. The summed E-state index contributed by atoms with van der Waals surface area (Å²) in [6, 6.07) is 11.2. The molecule has 0 aliphatic heterocycles. The van der Waals surface area contributed by atoms with Crippen molar-refractivity contribution in [2.75, 3.05) is 0 Å². The molecule has 0 atom stereocenters. The van der Waals surface area contributed by atoms with Gasteiger partial charge in [-0.2, -0.15) is 0 Å². The second kappa shape index (κ2) is 4.78. The van der Waals surface area contributed by atoms with Crippen LogP contribution < -0.4 is 4.74 Å². The van der Waals surface area contributed by atoms with Crippen LogP contribution in [0.3, 0.4) is 0 Å². The SMILES string of the molecule is CC(=O)c1ccc(Oc2ccc(C)cc2)cn1. The zero-order chi connectivity index (χ0) is 12.3. The van der Waals surface area contributed by atoms with Crippen LogP contribution in [-0.4, -0.2) is 10.8 Å². The zero-order valence-electron chi connectivity index (χ0n) is 9.81. The minimum absolute atomic E-state index is 0.0492. The quantitative estimate of drug-likeness (QED) is 0.754. The van der Waals surface area contributed by atoms with Crippen LogP contribution >= 0.6 is 0 Å². The number of rotatable bonds is 3. The van der Waals surface area contributed by atoms with Crippen LogP contribution in [0, 0.1) is 6.92 Å². The van der Waals surface area contributed by atoms with Gasteiger partial charge >= 0.3 is 0 Å². The number of pyridine rings is 1. The highest BCUT2D eigenvalue weighted by atomic mass is 16.5. The van der Waals surface area contributed by atoms with Crippen LogP contribution in [0.5, 0.6) is 11.5 Å². The number of hydrogen-bond acceptors (Lipinski definition) is 3. The van der Waals surface area contributed by atoms with E-state index >= 15 is 0 Å². The van der Waals surface area contributed by atoms with E-state index in [1.165, 1.54) is 12.5 Å². The van der Waals surface area contributed by atoms with E-state index in [2.05, 4.69) is 4.98 Å². The lowest BCUT2D eigenvalue weighted by Crippen LogP contribution is -1.95. The van der Waals surface area contributed by atoms with Gasteiger partial charge in [0.05, 0.1) is 6.20 Å². The summed E-state index contributed by atoms with van der Waals surface area (Å²) in [7, 11) is 0. The van der Waals surface area contributed by atoms with Crippen LogP contribution in [0.1, 0.15) is 23.0 Å². The number of carbonyl (C=O) groups is 1. The molecule has 0 fully saturated rings. The topological polar surface area (TPSA) is 39.2 Å². The second-order valence-electron chi connectivity index (χ2n) is 3.85. The minimum atomic E-state index is -0.0492. The molecule has 0 aliphatic rings. The third-order valence-electron chi connectivity index (χ3n) is 2.35. The average Bonchev–Trinajstić information content (AvgIpc) is 2.33. The molecular weight excluding hydrogens is 214 g/mol. The molecular formula is C14H13NO2. The molecule has 0 spiro atoms. The molecule has 86 valence electrons. The van der Waals surface area contributed by atoms with Crippen LogP contribution in [0.2, 0.25) is 0 Å². The van der Waals surface area contributed by atoms with Crippen LogP contribution in [-0.2, 0) is 0 Å². The fourth-order valence-electron chi connectivity index (χ4n) is 1.39. The van der Waals surface area contributed by atoms with E-state index in [0.29, 0.717) is 11.4 Å². The highest BCUT2D eigenvalue weighted by molar-refractivity contribution is 5.92. The summed E-state index contributed by atoms with van der Waals surface area (Å²) >= 11 is 0. The van der Waals surface area contributed by atoms with Crippen molar-refractivity contribution in [3.8, 4) is 11.5 Å². The van der Waals surface area contributed by atoms with E-state index < -0.39 is 0 Å². The number of ketones is 1. The van der Waals surface area contributed by atoms with Crippen molar-refractivity contribution in [2.45, 2.75) is 13.8 Å². The van der Waals surface area contributed by atoms with Gasteiger partial charge in [0.1, 0.15) is 17.2 Å². The molecule has 17 heavy (non-hydrogen) atoms. The molecule has 0 aliphatic carbocycles. The molecule has 1 heterocycles. The van der Waals surface area contributed by atoms with Crippen molar-refractivity contribution < 1.29 is 9.53 Å². The van der Waals surface area contributed by atoms with Crippen LogP contribution in [0.15, 0.2) is 42.6 Å². The van der Waals surface area contributed by atoms with E-state index in [1.807, 2.05) is 31.2 Å². The Balaban J connectivity index is 2.13. The molecule has 3 nitrogen and oxygen atoms in total. The summed E-state index contributed by atoms with van der Waals surface area (Å²) < 4.78 is 5.59. The smallest absolute Gasteiger partial charge is 0.178 e. The maximum Gasteiger partial charge on any atom is 0.178 e. The Hall–Kier alpha value is -2.16. The normalized spacial score (nSPS) is 10.0. The molecule has 1 aromatic carbocycles. The molecule has 2 aromatic rings. The van der Waals surface area contributed by atoms with Gasteiger partial charge in [0.2, 0.25) is 0 Å².